The average molecular weight is 749 g/mol. The molecule has 8 rings (SSSR count). The van der Waals surface area contributed by atoms with E-state index in [0.717, 1.165) is 68.7 Å². The lowest BCUT2D eigenvalue weighted by molar-refractivity contribution is -0.146. The molecular weight excluding hydrogens is 697 g/mol. The zero-order valence-electron chi connectivity index (χ0n) is 32.3. The van der Waals surface area contributed by atoms with Crippen molar-refractivity contribution >= 4 is 23.0 Å². The van der Waals surface area contributed by atoms with Gasteiger partial charge < -0.3 is 33.9 Å². The van der Waals surface area contributed by atoms with Crippen LogP contribution < -0.4 is 9.64 Å². The number of aromatic nitrogens is 6. The van der Waals surface area contributed by atoms with E-state index in [1.165, 1.54) is 29.7 Å². The molecule has 3 aliphatic rings. The molecule has 2 N–H and O–H groups in total. The lowest BCUT2D eigenvalue weighted by Crippen LogP contribution is -2.43. The monoisotopic (exact) mass is 748 g/mol. The summed E-state index contributed by atoms with van der Waals surface area (Å²) in [7, 11) is 0. The molecule has 2 fully saturated rings. The molecule has 0 amide bonds. The number of para-hydroxylation sites is 1. The summed E-state index contributed by atoms with van der Waals surface area (Å²) >= 11 is 0. The third-order valence-electron chi connectivity index (χ3n) is 12.1. The fourth-order valence-corrected chi connectivity index (χ4v) is 9.02. The van der Waals surface area contributed by atoms with E-state index in [0.29, 0.717) is 54.0 Å². The van der Waals surface area contributed by atoms with E-state index >= 15 is 0 Å². The second-order valence-electron chi connectivity index (χ2n) is 15.8. The number of anilines is 1. The van der Waals surface area contributed by atoms with E-state index in [1.807, 2.05) is 44.4 Å². The Hall–Kier alpha value is -5.04. The first-order valence-corrected chi connectivity index (χ1v) is 20.0. The van der Waals surface area contributed by atoms with Gasteiger partial charge in [-0.1, -0.05) is 26.0 Å². The molecule has 0 bridgehead atoms. The number of aromatic hydroxyl groups is 1. The van der Waals surface area contributed by atoms with Crippen LogP contribution in [0.5, 0.6) is 11.6 Å². The molecule has 2 atom stereocenters. The number of phenolic OH excluding ortho intramolecular Hbond substituents is 1. The van der Waals surface area contributed by atoms with Crippen LogP contribution in [0.4, 0.5) is 5.95 Å². The van der Waals surface area contributed by atoms with Gasteiger partial charge >= 0.3 is 5.97 Å². The molecule has 0 radical (unpaired) electrons. The lowest BCUT2D eigenvalue weighted by Gasteiger charge is -2.40. The average Bonchev–Trinajstić information content (AvgIpc) is 3.82. The van der Waals surface area contributed by atoms with Crippen LogP contribution >= 0.6 is 0 Å². The van der Waals surface area contributed by atoms with Gasteiger partial charge in [-0.05, 0) is 112 Å². The number of nitrogens with one attached hydrogen (secondary N) is 1. The maximum Gasteiger partial charge on any atom is 0.317 e. The highest BCUT2D eigenvalue weighted by Gasteiger charge is 2.33. The van der Waals surface area contributed by atoms with Crippen molar-refractivity contribution in [1.29, 1.82) is 0 Å². The van der Waals surface area contributed by atoms with Crippen LogP contribution in [0, 0.1) is 11.8 Å². The number of carbonyl (C=O) groups is 1. The molecule has 1 aromatic carbocycles. The first-order chi connectivity index (χ1) is 26.8. The summed E-state index contributed by atoms with van der Waals surface area (Å²) < 4.78 is 16.8. The Bertz CT molecular complexity index is 2080. The van der Waals surface area contributed by atoms with Crippen LogP contribution in [0.2, 0.25) is 0 Å². The molecule has 0 spiro atoms. The second kappa shape index (κ2) is 16.0. The Morgan fingerprint density at radius 2 is 1.78 bits per heavy atom. The highest BCUT2D eigenvalue weighted by atomic mass is 16.5. The fourth-order valence-electron chi connectivity index (χ4n) is 9.02. The molecule has 1 unspecified atom stereocenters. The van der Waals surface area contributed by atoms with E-state index in [1.54, 1.807) is 25.1 Å². The van der Waals surface area contributed by atoms with Crippen LogP contribution in [-0.4, -0.2) is 85.2 Å². The van der Waals surface area contributed by atoms with Crippen molar-refractivity contribution in [2.45, 2.75) is 96.6 Å². The number of piperidine rings is 1. The van der Waals surface area contributed by atoms with E-state index in [4.69, 9.17) is 24.0 Å². The van der Waals surface area contributed by atoms with Gasteiger partial charge in [-0.2, -0.15) is 0 Å². The van der Waals surface area contributed by atoms with Gasteiger partial charge in [0.1, 0.15) is 11.7 Å². The number of benzene rings is 1. The number of likely N-dealkylation sites (tertiary alicyclic amines) is 1. The second-order valence-corrected chi connectivity index (χ2v) is 15.8. The normalized spacial score (nSPS) is 21.5. The smallest absolute Gasteiger partial charge is 0.317 e. The van der Waals surface area contributed by atoms with Crippen LogP contribution in [-0.2, 0) is 16.0 Å². The summed E-state index contributed by atoms with van der Waals surface area (Å²) in [5.41, 5.74) is 5.65. The quantitative estimate of drug-likeness (QED) is 0.130. The van der Waals surface area contributed by atoms with Crippen molar-refractivity contribution in [1.82, 2.24) is 35.2 Å². The van der Waals surface area contributed by atoms with Gasteiger partial charge in [0.25, 0.3) is 5.88 Å². The minimum Gasteiger partial charge on any atom is -0.507 e. The lowest BCUT2D eigenvalue weighted by atomic mass is 9.83. The van der Waals surface area contributed by atoms with Gasteiger partial charge in [-0.3, -0.25) is 4.79 Å². The molecule has 5 aromatic rings. The predicted octanol–water partition coefficient (Wildman–Crippen LogP) is 7.35. The summed E-state index contributed by atoms with van der Waals surface area (Å²) in [5, 5.41) is 24.4. The van der Waals surface area contributed by atoms with E-state index in [2.05, 4.69) is 37.1 Å². The number of esters is 1. The molecule has 1 aliphatic carbocycles. The highest BCUT2D eigenvalue weighted by Crippen LogP contribution is 2.39. The number of hydrogen-bond acceptors (Lipinski definition) is 12. The van der Waals surface area contributed by atoms with Crippen molar-refractivity contribution in [3.63, 3.8) is 0 Å². The van der Waals surface area contributed by atoms with Gasteiger partial charge in [0, 0.05) is 59.7 Å². The summed E-state index contributed by atoms with van der Waals surface area (Å²) in [6, 6.07) is 11.7. The number of ether oxygens (including phenoxy) is 2. The van der Waals surface area contributed by atoms with Crippen molar-refractivity contribution in [2.75, 3.05) is 37.7 Å². The Labute approximate surface area is 321 Å². The Morgan fingerprint density at radius 3 is 2.51 bits per heavy atom. The largest absolute Gasteiger partial charge is 0.507 e. The van der Waals surface area contributed by atoms with Crippen LogP contribution in [0.1, 0.15) is 107 Å². The maximum atomic E-state index is 12.5. The van der Waals surface area contributed by atoms with Crippen molar-refractivity contribution in [3.05, 3.63) is 71.4 Å². The Kier molecular flexibility index (Phi) is 10.7. The molecule has 2 aliphatic heterocycles. The Balaban J connectivity index is 0.822. The molecule has 1 saturated heterocycles. The molecular formula is C42H52N8O5. The molecule has 13 heteroatoms. The molecule has 6 heterocycles. The predicted molar refractivity (Wildman–Crippen MR) is 208 cm³/mol. The number of H-pyrrole nitrogens is 1. The summed E-state index contributed by atoms with van der Waals surface area (Å²) in [6.45, 7) is 11.9. The van der Waals surface area contributed by atoms with E-state index in [-0.39, 0.29) is 23.7 Å². The fraction of sp³-hybridized carbons (Fsp3) is 0.524. The zero-order chi connectivity index (χ0) is 38.1. The van der Waals surface area contributed by atoms with Gasteiger partial charge in [0.15, 0.2) is 11.4 Å². The number of fused-ring (bicyclic) bond motifs is 3. The minimum absolute atomic E-state index is 0.0322. The third kappa shape index (κ3) is 7.63. The van der Waals surface area contributed by atoms with Crippen molar-refractivity contribution in [3.8, 4) is 22.9 Å². The summed E-state index contributed by atoms with van der Waals surface area (Å²) in [6.07, 6.45) is 11.8. The number of rotatable bonds is 11. The SMILES string of the molecule is CCOC(=O)C(c1cc(OCC2CCC(N3CCC(c4cnc(N5CCc6[nH]c7nnc(-c8ccccc8O)cc7c6[C@@H]5C)nc4)CC3)CC2)no1)C(C)C. The standard InChI is InChI=1S/C42H52N8O5/c1-5-53-41(52)38(25(2)3)36-21-37(48-55-36)54-24-27-10-12-30(13-11-27)49-17-14-28(15-18-49)29-22-43-42(44-23-29)50-19-16-33-39(26(50)4)32-20-34(46-47-40(32)45-33)31-8-6-7-9-35(31)51/h6-9,20-23,25-28,30,38,51H,5,10-19,24H2,1-4H3,(H,45,47)/t26-,27?,30?,38?/m0/s1. The number of carbonyl (C=O) groups excluding carboxylic acids is 1. The van der Waals surface area contributed by atoms with Crippen molar-refractivity contribution in [2.24, 2.45) is 11.8 Å². The molecule has 290 valence electrons. The molecule has 13 nitrogen and oxygen atoms in total. The number of hydrogen-bond donors (Lipinski definition) is 2. The third-order valence-corrected chi connectivity index (χ3v) is 12.1. The topological polar surface area (TPSA) is 156 Å². The highest BCUT2D eigenvalue weighted by molar-refractivity contribution is 5.86. The van der Waals surface area contributed by atoms with E-state index < -0.39 is 5.92 Å². The summed E-state index contributed by atoms with van der Waals surface area (Å²) in [4.78, 5) is 30.8. The molecule has 1 saturated carbocycles. The first-order valence-electron chi connectivity index (χ1n) is 20.0. The molecule has 4 aromatic heterocycles. The number of aromatic amines is 1. The minimum atomic E-state index is -0.486. The number of phenols is 1. The van der Waals surface area contributed by atoms with Crippen LogP contribution in [0.3, 0.4) is 0 Å². The first kappa shape index (κ1) is 36.9. The van der Waals surface area contributed by atoms with Gasteiger partial charge in [0.2, 0.25) is 5.95 Å². The summed E-state index contributed by atoms with van der Waals surface area (Å²) in [5.74, 6) is 2.08. The molecule has 55 heavy (non-hydrogen) atoms. The van der Waals surface area contributed by atoms with E-state index in [9.17, 15) is 9.90 Å². The van der Waals surface area contributed by atoms with Crippen LogP contribution in [0.15, 0.2) is 53.3 Å². The van der Waals surface area contributed by atoms with Crippen LogP contribution in [0.25, 0.3) is 22.3 Å². The maximum absolute atomic E-state index is 12.5. The Morgan fingerprint density at radius 1 is 1.02 bits per heavy atom. The zero-order valence-corrected chi connectivity index (χ0v) is 32.3. The van der Waals surface area contributed by atoms with Crippen molar-refractivity contribution < 1.29 is 23.9 Å². The number of nitrogens with zero attached hydrogens (tertiary/aromatic N) is 7. The van der Waals surface area contributed by atoms with Gasteiger partial charge in [-0.15, -0.1) is 10.2 Å². The van der Waals surface area contributed by atoms with Gasteiger partial charge in [-0.25, -0.2) is 9.97 Å². The van der Waals surface area contributed by atoms with Gasteiger partial charge in [0.05, 0.1) is 24.9 Å².